The molecule has 1 aromatic heterocycles. The van der Waals surface area contributed by atoms with Crippen LogP contribution in [0, 0.1) is 17.0 Å². The molecule has 0 saturated carbocycles. The Kier molecular flexibility index (Phi) is 9.88. The fourth-order valence-corrected chi connectivity index (χ4v) is 6.65. The molecule has 5 rings (SSSR count). The van der Waals surface area contributed by atoms with E-state index in [0.717, 1.165) is 23.3 Å². The van der Waals surface area contributed by atoms with Gasteiger partial charge in [0.25, 0.3) is 0 Å². The summed E-state index contributed by atoms with van der Waals surface area (Å²) in [6.45, 7) is 5.75. The highest BCUT2D eigenvalue weighted by molar-refractivity contribution is 6.33. The molecule has 12 heteroatoms. The fraction of sp³-hybridized carbons (Fsp3) is 0.343. The number of carbonyl (C=O) groups excluding carboxylic acids is 1. The van der Waals surface area contributed by atoms with E-state index < -0.39 is 46.8 Å². The minimum atomic E-state index is -1.89. The van der Waals surface area contributed by atoms with Gasteiger partial charge in [0.2, 0.25) is 0 Å². The number of alkyl carbamates (subject to hydrolysis) is 1. The van der Waals surface area contributed by atoms with Crippen LogP contribution in [0.1, 0.15) is 55.5 Å². The standard InChI is InChI=1S/C35H36ClF2N3O6/c1-34(2,3)31-27(35(45,16-18-41(31)33(43)44)23-13-14-25(37)26(38)19-23)29-28(36)30(47-40-29)24-12-8-7-11-22(24)15-17-39-32(42)46-20-21-9-5-4-6-10-21/h4-14,19,27,31,45H,15-18,20H2,1-3H3,(H,39,42)(H,43,44)/t27-,31?,35-/m0/s1. The molecule has 1 saturated heterocycles. The van der Waals surface area contributed by atoms with E-state index in [2.05, 4.69) is 10.5 Å². The summed E-state index contributed by atoms with van der Waals surface area (Å²) < 4.78 is 39.6. The Balaban J connectivity index is 1.47. The maximum Gasteiger partial charge on any atom is 0.407 e. The van der Waals surface area contributed by atoms with E-state index in [0.29, 0.717) is 12.0 Å². The molecule has 248 valence electrons. The first-order valence-electron chi connectivity index (χ1n) is 15.2. The third-order valence-corrected chi connectivity index (χ3v) is 8.91. The van der Waals surface area contributed by atoms with Crippen LogP contribution in [-0.4, -0.2) is 51.6 Å². The van der Waals surface area contributed by atoms with E-state index >= 15 is 0 Å². The number of nitrogens with zero attached hydrogens (tertiary/aromatic N) is 2. The highest BCUT2D eigenvalue weighted by Gasteiger charge is 2.56. The quantitative estimate of drug-likeness (QED) is 0.178. The van der Waals surface area contributed by atoms with E-state index in [9.17, 15) is 28.6 Å². The van der Waals surface area contributed by atoms with Crippen LogP contribution in [0.15, 0.2) is 77.3 Å². The predicted octanol–water partition coefficient (Wildman–Crippen LogP) is 7.51. The number of hydrogen-bond acceptors (Lipinski definition) is 6. The van der Waals surface area contributed by atoms with E-state index in [4.69, 9.17) is 20.9 Å². The largest absolute Gasteiger partial charge is 0.465 e. The molecule has 3 aromatic carbocycles. The molecule has 4 aromatic rings. The van der Waals surface area contributed by atoms with Gasteiger partial charge in [-0.2, -0.15) is 0 Å². The lowest BCUT2D eigenvalue weighted by Crippen LogP contribution is -2.60. The van der Waals surface area contributed by atoms with Gasteiger partial charge < -0.3 is 29.7 Å². The summed E-state index contributed by atoms with van der Waals surface area (Å²) in [4.78, 5) is 26.0. The number of rotatable bonds is 8. The van der Waals surface area contributed by atoms with Crippen molar-refractivity contribution in [3.63, 3.8) is 0 Å². The third-order valence-electron chi connectivity index (χ3n) is 8.54. The van der Waals surface area contributed by atoms with Crippen LogP contribution in [0.2, 0.25) is 5.02 Å². The Morgan fingerprint density at radius 1 is 1.09 bits per heavy atom. The number of hydrogen-bond donors (Lipinski definition) is 3. The van der Waals surface area contributed by atoms with Gasteiger partial charge in [-0.15, -0.1) is 0 Å². The molecule has 9 nitrogen and oxygen atoms in total. The molecule has 1 aliphatic rings. The molecule has 0 aliphatic carbocycles. The minimum absolute atomic E-state index is 0.0418. The fourth-order valence-electron chi connectivity index (χ4n) is 6.36. The number of halogens is 3. The van der Waals surface area contributed by atoms with Gasteiger partial charge in [0.1, 0.15) is 22.9 Å². The zero-order valence-corrected chi connectivity index (χ0v) is 26.9. The Morgan fingerprint density at radius 3 is 2.47 bits per heavy atom. The second-order valence-corrected chi connectivity index (χ2v) is 13.1. The van der Waals surface area contributed by atoms with Gasteiger partial charge in [0, 0.05) is 18.7 Å². The summed E-state index contributed by atoms with van der Waals surface area (Å²) in [7, 11) is 0. The normalized spacial score (nSPS) is 19.8. The first-order valence-corrected chi connectivity index (χ1v) is 15.5. The van der Waals surface area contributed by atoms with E-state index in [1.807, 2.05) is 63.2 Å². The molecular formula is C35H36ClF2N3O6. The maximum absolute atomic E-state index is 14.5. The van der Waals surface area contributed by atoms with Crippen molar-refractivity contribution in [2.24, 2.45) is 5.41 Å². The van der Waals surface area contributed by atoms with Crippen LogP contribution < -0.4 is 5.32 Å². The SMILES string of the molecule is CC(C)(C)C1[C@H](c2noc(-c3ccccc3CCNC(=O)OCc3ccccc3)c2Cl)[C@@](O)(c2ccc(F)c(F)c2)CCN1C(=O)O. The second kappa shape index (κ2) is 13.7. The van der Waals surface area contributed by atoms with Gasteiger partial charge in [0.15, 0.2) is 17.4 Å². The average Bonchev–Trinajstić information content (AvgIpc) is 3.41. The number of likely N-dealkylation sites (tertiary alicyclic amines) is 1. The van der Waals surface area contributed by atoms with E-state index in [1.54, 1.807) is 12.1 Å². The van der Waals surface area contributed by atoms with Crippen LogP contribution in [0.25, 0.3) is 11.3 Å². The number of carbonyl (C=O) groups is 2. The molecule has 1 fully saturated rings. The Labute approximate surface area is 276 Å². The van der Waals surface area contributed by atoms with Gasteiger partial charge in [-0.05, 0) is 47.1 Å². The summed E-state index contributed by atoms with van der Waals surface area (Å²) in [5, 5.41) is 29.6. The van der Waals surface area contributed by atoms with Crippen molar-refractivity contribution in [2.45, 2.75) is 57.8 Å². The van der Waals surface area contributed by atoms with Crippen molar-refractivity contribution >= 4 is 23.8 Å². The van der Waals surface area contributed by atoms with Crippen LogP contribution in [-0.2, 0) is 23.4 Å². The number of benzene rings is 3. The molecular weight excluding hydrogens is 632 g/mol. The Morgan fingerprint density at radius 2 is 1.79 bits per heavy atom. The lowest BCUT2D eigenvalue weighted by molar-refractivity contribution is -0.0927. The lowest BCUT2D eigenvalue weighted by Gasteiger charge is -2.53. The summed E-state index contributed by atoms with van der Waals surface area (Å²) in [6, 6.07) is 18.7. The summed E-state index contributed by atoms with van der Waals surface area (Å²) in [5.74, 6) is -3.19. The van der Waals surface area contributed by atoms with Gasteiger partial charge >= 0.3 is 12.2 Å². The average molecular weight is 668 g/mol. The zero-order chi connectivity index (χ0) is 33.9. The van der Waals surface area contributed by atoms with Crippen molar-refractivity contribution < 1.29 is 37.8 Å². The van der Waals surface area contributed by atoms with Crippen molar-refractivity contribution in [3.05, 3.63) is 112 Å². The van der Waals surface area contributed by atoms with Gasteiger partial charge in [-0.1, -0.05) is 98.2 Å². The smallest absolute Gasteiger partial charge is 0.407 e. The highest BCUT2D eigenvalue weighted by Crippen LogP contribution is 2.53. The van der Waals surface area contributed by atoms with Crippen molar-refractivity contribution in [3.8, 4) is 11.3 Å². The lowest BCUT2D eigenvalue weighted by atomic mass is 9.64. The Hall–Kier alpha value is -4.48. The second-order valence-electron chi connectivity index (χ2n) is 12.7. The minimum Gasteiger partial charge on any atom is -0.465 e. The van der Waals surface area contributed by atoms with Crippen molar-refractivity contribution in [2.75, 3.05) is 13.1 Å². The molecule has 0 spiro atoms. The summed E-state index contributed by atoms with van der Waals surface area (Å²) in [6.07, 6.45) is -1.54. The summed E-state index contributed by atoms with van der Waals surface area (Å²) >= 11 is 7.00. The zero-order valence-electron chi connectivity index (χ0n) is 26.2. The number of aromatic nitrogens is 1. The van der Waals surface area contributed by atoms with Gasteiger partial charge in [-0.3, -0.25) is 0 Å². The number of aliphatic hydroxyl groups is 1. The number of amides is 2. The Bertz CT molecular complexity index is 1740. The molecule has 1 aliphatic heterocycles. The van der Waals surface area contributed by atoms with E-state index in [-0.39, 0.29) is 48.2 Å². The number of ether oxygens (including phenoxy) is 1. The predicted molar refractivity (Wildman–Crippen MR) is 171 cm³/mol. The molecule has 3 atom stereocenters. The van der Waals surface area contributed by atoms with Crippen LogP contribution in [0.4, 0.5) is 18.4 Å². The molecule has 1 unspecified atom stereocenters. The highest BCUT2D eigenvalue weighted by atomic mass is 35.5. The molecule has 3 N–H and O–H groups in total. The number of piperidine rings is 1. The van der Waals surface area contributed by atoms with Crippen LogP contribution in [0.5, 0.6) is 0 Å². The van der Waals surface area contributed by atoms with Crippen LogP contribution in [0.3, 0.4) is 0 Å². The maximum atomic E-state index is 14.5. The number of nitrogens with one attached hydrogen (secondary N) is 1. The third kappa shape index (κ3) is 7.11. The molecule has 0 bridgehead atoms. The van der Waals surface area contributed by atoms with Crippen molar-refractivity contribution in [1.29, 1.82) is 0 Å². The monoisotopic (exact) mass is 667 g/mol. The van der Waals surface area contributed by atoms with Gasteiger partial charge in [-0.25, -0.2) is 18.4 Å². The molecule has 2 heterocycles. The molecule has 47 heavy (non-hydrogen) atoms. The summed E-state index contributed by atoms with van der Waals surface area (Å²) in [5.41, 5.74) is -0.316. The van der Waals surface area contributed by atoms with Gasteiger partial charge in [0.05, 0.1) is 12.0 Å². The van der Waals surface area contributed by atoms with Crippen LogP contribution >= 0.6 is 11.6 Å². The topological polar surface area (TPSA) is 125 Å². The molecule has 0 radical (unpaired) electrons. The first-order chi connectivity index (χ1) is 22.3. The van der Waals surface area contributed by atoms with E-state index in [1.165, 1.54) is 11.0 Å². The van der Waals surface area contributed by atoms with Crippen molar-refractivity contribution in [1.82, 2.24) is 15.4 Å². The number of carboxylic acid groups (broad SMARTS) is 1. The first kappa shape index (κ1) is 33.9. The molecule has 2 amide bonds.